The summed E-state index contributed by atoms with van der Waals surface area (Å²) in [6, 6.07) is 17.2. The van der Waals surface area contributed by atoms with Crippen LogP contribution in [0.25, 0.3) is 11.1 Å². The Labute approximate surface area is 135 Å². The van der Waals surface area contributed by atoms with Gasteiger partial charge in [-0.3, -0.25) is 0 Å². The highest BCUT2D eigenvalue weighted by atomic mass is 14.3. The third kappa shape index (κ3) is 3.60. The van der Waals surface area contributed by atoms with Crippen LogP contribution in [0, 0.1) is 12.3 Å². The van der Waals surface area contributed by atoms with Gasteiger partial charge in [-0.2, -0.15) is 0 Å². The quantitative estimate of drug-likeness (QED) is 0.556. The second kappa shape index (κ2) is 7.32. The van der Waals surface area contributed by atoms with E-state index in [0.717, 1.165) is 5.56 Å². The van der Waals surface area contributed by atoms with Crippen molar-refractivity contribution >= 4 is 0 Å². The second-order valence-corrected chi connectivity index (χ2v) is 6.36. The molecule has 0 heteroatoms. The van der Waals surface area contributed by atoms with Crippen molar-refractivity contribution in [2.75, 3.05) is 0 Å². The first-order valence-electron chi connectivity index (χ1n) is 8.30. The molecule has 0 amide bonds. The lowest BCUT2D eigenvalue weighted by atomic mass is 9.75. The monoisotopic (exact) mass is 290 g/mol. The van der Waals surface area contributed by atoms with Gasteiger partial charge in [0.15, 0.2) is 0 Å². The van der Waals surface area contributed by atoms with E-state index < -0.39 is 0 Å². The van der Waals surface area contributed by atoms with E-state index in [1.165, 1.54) is 42.4 Å². The molecule has 0 aliphatic heterocycles. The van der Waals surface area contributed by atoms with Crippen LogP contribution in [0.15, 0.2) is 48.5 Å². The van der Waals surface area contributed by atoms with Crippen molar-refractivity contribution in [2.24, 2.45) is 0 Å². The molecular weight excluding hydrogens is 264 g/mol. The average molecular weight is 290 g/mol. The molecular formula is C22H26. The molecule has 0 saturated carbocycles. The maximum atomic E-state index is 5.49. The minimum absolute atomic E-state index is 0.294. The van der Waals surface area contributed by atoms with E-state index in [-0.39, 0.29) is 0 Å². The third-order valence-electron chi connectivity index (χ3n) is 4.55. The molecule has 22 heavy (non-hydrogen) atoms. The summed E-state index contributed by atoms with van der Waals surface area (Å²) in [7, 11) is 0. The Kier molecular flexibility index (Phi) is 5.45. The van der Waals surface area contributed by atoms with E-state index in [0.29, 0.717) is 5.41 Å². The standard InChI is InChI=1S/C22H26/c1-5-15-22(4,16-6-2)21-13-11-19(12-14-21)20-10-8-9-18(7-3)17-20/h3,8-14,17H,5-6,15-16H2,1-2,4H3. The Balaban J connectivity index is 2.31. The fourth-order valence-corrected chi connectivity index (χ4v) is 3.37. The average Bonchev–Trinajstić information content (AvgIpc) is 2.55. The molecule has 0 saturated heterocycles. The van der Waals surface area contributed by atoms with Gasteiger partial charge in [-0.25, -0.2) is 0 Å². The van der Waals surface area contributed by atoms with E-state index >= 15 is 0 Å². The summed E-state index contributed by atoms with van der Waals surface area (Å²) in [5, 5.41) is 0. The highest BCUT2D eigenvalue weighted by Gasteiger charge is 2.24. The zero-order valence-electron chi connectivity index (χ0n) is 14.0. The normalized spacial score (nSPS) is 11.2. The van der Waals surface area contributed by atoms with Gasteiger partial charge >= 0.3 is 0 Å². The first kappa shape index (κ1) is 16.4. The summed E-state index contributed by atoms with van der Waals surface area (Å²) in [6.45, 7) is 6.94. The van der Waals surface area contributed by atoms with Crippen LogP contribution in [0.5, 0.6) is 0 Å². The third-order valence-corrected chi connectivity index (χ3v) is 4.55. The number of benzene rings is 2. The van der Waals surface area contributed by atoms with Gasteiger partial charge in [-0.05, 0) is 47.1 Å². The Morgan fingerprint density at radius 3 is 2.09 bits per heavy atom. The minimum atomic E-state index is 0.294. The molecule has 0 bridgehead atoms. The Morgan fingerprint density at radius 1 is 0.909 bits per heavy atom. The largest absolute Gasteiger partial charge is 0.115 e. The van der Waals surface area contributed by atoms with E-state index in [1.807, 2.05) is 12.1 Å². The zero-order valence-corrected chi connectivity index (χ0v) is 14.0. The summed E-state index contributed by atoms with van der Waals surface area (Å²) in [5.74, 6) is 2.71. The van der Waals surface area contributed by atoms with Gasteiger partial charge in [0.1, 0.15) is 0 Å². The van der Waals surface area contributed by atoms with Gasteiger partial charge in [0.2, 0.25) is 0 Å². The van der Waals surface area contributed by atoms with Crippen LogP contribution in [0.3, 0.4) is 0 Å². The van der Waals surface area contributed by atoms with Crippen molar-refractivity contribution in [3.63, 3.8) is 0 Å². The maximum Gasteiger partial charge on any atom is 0.0248 e. The number of terminal acetylenes is 1. The van der Waals surface area contributed by atoms with Crippen molar-refractivity contribution < 1.29 is 0 Å². The molecule has 0 unspecified atom stereocenters. The summed E-state index contributed by atoms with van der Waals surface area (Å²) < 4.78 is 0. The zero-order chi connectivity index (χ0) is 16.0. The molecule has 0 nitrogen and oxygen atoms in total. The summed E-state index contributed by atoms with van der Waals surface area (Å²) in [6.07, 6.45) is 10.4. The van der Waals surface area contributed by atoms with E-state index in [9.17, 15) is 0 Å². The van der Waals surface area contributed by atoms with Crippen LogP contribution in [-0.2, 0) is 5.41 Å². The summed E-state index contributed by atoms with van der Waals surface area (Å²) in [5.41, 5.74) is 5.10. The Morgan fingerprint density at radius 2 is 1.55 bits per heavy atom. The minimum Gasteiger partial charge on any atom is -0.115 e. The first-order chi connectivity index (χ1) is 10.6. The summed E-state index contributed by atoms with van der Waals surface area (Å²) >= 11 is 0. The number of hydrogen-bond donors (Lipinski definition) is 0. The van der Waals surface area contributed by atoms with E-state index in [4.69, 9.17) is 6.42 Å². The molecule has 2 rings (SSSR count). The molecule has 0 spiro atoms. The lowest BCUT2D eigenvalue weighted by Crippen LogP contribution is -2.21. The molecule has 2 aromatic carbocycles. The lowest BCUT2D eigenvalue weighted by molar-refractivity contribution is 0.392. The molecule has 0 atom stereocenters. The molecule has 0 radical (unpaired) electrons. The molecule has 0 aliphatic carbocycles. The predicted molar refractivity (Wildman–Crippen MR) is 97.0 cm³/mol. The fourth-order valence-electron chi connectivity index (χ4n) is 3.37. The Hall–Kier alpha value is -2.00. The van der Waals surface area contributed by atoms with Crippen molar-refractivity contribution in [1.82, 2.24) is 0 Å². The van der Waals surface area contributed by atoms with Gasteiger partial charge in [0, 0.05) is 5.56 Å². The molecule has 114 valence electrons. The van der Waals surface area contributed by atoms with E-state index in [2.05, 4.69) is 63.1 Å². The van der Waals surface area contributed by atoms with Gasteiger partial charge < -0.3 is 0 Å². The lowest BCUT2D eigenvalue weighted by Gasteiger charge is -2.30. The molecule has 0 fully saturated rings. The second-order valence-electron chi connectivity index (χ2n) is 6.36. The molecule has 0 aromatic heterocycles. The van der Waals surface area contributed by atoms with Crippen LogP contribution >= 0.6 is 0 Å². The van der Waals surface area contributed by atoms with Crippen LogP contribution < -0.4 is 0 Å². The topological polar surface area (TPSA) is 0 Å². The highest BCUT2D eigenvalue weighted by Crippen LogP contribution is 2.35. The molecule has 0 aliphatic rings. The highest BCUT2D eigenvalue weighted by molar-refractivity contribution is 5.65. The van der Waals surface area contributed by atoms with Crippen molar-refractivity contribution in [3.8, 4) is 23.5 Å². The number of hydrogen-bond acceptors (Lipinski definition) is 0. The fraction of sp³-hybridized carbons (Fsp3) is 0.364. The summed E-state index contributed by atoms with van der Waals surface area (Å²) in [4.78, 5) is 0. The van der Waals surface area contributed by atoms with Gasteiger partial charge in [-0.1, -0.05) is 75.9 Å². The van der Waals surface area contributed by atoms with Crippen LogP contribution in [0.1, 0.15) is 57.6 Å². The van der Waals surface area contributed by atoms with Gasteiger partial charge in [0.05, 0.1) is 0 Å². The van der Waals surface area contributed by atoms with Crippen molar-refractivity contribution in [2.45, 2.75) is 51.9 Å². The maximum absolute atomic E-state index is 5.49. The molecule has 0 N–H and O–H groups in total. The molecule has 0 heterocycles. The van der Waals surface area contributed by atoms with Crippen molar-refractivity contribution in [3.05, 3.63) is 59.7 Å². The van der Waals surface area contributed by atoms with E-state index in [1.54, 1.807) is 0 Å². The van der Waals surface area contributed by atoms with Crippen LogP contribution in [0.4, 0.5) is 0 Å². The SMILES string of the molecule is C#Cc1cccc(-c2ccc(C(C)(CCC)CCC)cc2)c1. The smallest absolute Gasteiger partial charge is 0.0248 e. The van der Waals surface area contributed by atoms with Crippen LogP contribution in [0.2, 0.25) is 0 Å². The van der Waals surface area contributed by atoms with Crippen molar-refractivity contribution in [1.29, 1.82) is 0 Å². The predicted octanol–water partition coefficient (Wildman–Crippen LogP) is 6.19. The molecule has 2 aromatic rings. The van der Waals surface area contributed by atoms with Gasteiger partial charge in [-0.15, -0.1) is 6.42 Å². The number of rotatable bonds is 6. The van der Waals surface area contributed by atoms with Gasteiger partial charge in [0.25, 0.3) is 0 Å². The Bertz CT molecular complexity index is 634. The van der Waals surface area contributed by atoms with Crippen LogP contribution in [-0.4, -0.2) is 0 Å². The first-order valence-corrected chi connectivity index (χ1v) is 8.30.